The molecule has 0 unspecified atom stereocenters. The molecule has 1 aliphatic rings. The smallest absolute Gasteiger partial charge is 0.126 e. The van der Waals surface area contributed by atoms with Gasteiger partial charge in [0.15, 0.2) is 0 Å². The van der Waals surface area contributed by atoms with Crippen LogP contribution in [0.15, 0.2) is 18.2 Å². The number of piperidine rings is 1. The average molecular weight is 232 g/mol. The molecule has 1 fully saturated rings. The highest BCUT2D eigenvalue weighted by atomic mass is 19.1. The van der Waals surface area contributed by atoms with Crippen molar-refractivity contribution >= 4 is 5.69 Å². The molecule has 0 radical (unpaired) electrons. The van der Waals surface area contributed by atoms with E-state index in [1.54, 1.807) is 6.07 Å². The number of anilines is 1. The first-order chi connectivity index (χ1) is 8.22. The van der Waals surface area contributed by atoms with Crippen LogP contribution in [0.3, 0.4) is 0 Å². The zero-order valence-corrected chi connectivity index (χ0v) is 10.1. The highest BCUT2D eigenvalue weighted by Crippen LogP contribution is 2.26. The lowest BCUT2D eigenvalue weighted by Gasteiger charge is -2.33. The Labute approximate surface area is 102 Å². The summed E-state index contributed by atoms with van der Waals surface area (Å²) < 4.78 is 13.3. The SMILES string of the molecule is CCC1CCN(c2cc(F)cc(C#N)c2)CC1. The van der Waals surface area contributed by atoms with Crippen LogP contribution in [0, 0.1) is 23.1 Å². The molecule has 17 heavy (non-hydrogen) atoms. The van der Waals surface area contributed by atoms with Crippen LogP contribution in [-0.2, 0) is 0 Å². The maximum absolute atomic E-state index is 13.3. The van der Waals surface area contributed by atoms with Crippen molar-refractivity contribution in [1.82, 2.24) is 0 Å². The molecule has 1 aromatic carbocycles. The quantitative estimate of drug-likeness (QED) is 0.782. The molecule has 0 saturated carbocycles. The van der Waals surface area contributed by atoms with E-state index in [2.05, 4.69) is 11.8 Å². The van der Waals surface area contributed by atoms with Crippen LogP contribution in [0.5, 0.6) is 0 Å². The van der Waals surface area contributed by atoms with Crippen molar-refractivity contribution < 1.29 is 4.39 Å². The van der Waals surface area contributed by atoms with Crippen molar-refractivity contribution in [2.24, 2.45) is 5.92 Å². The molecule has 0 amide bonds. The van der Waals surface area contributed by atoms with Gasteiger partial charge in [0.25, 0.3) is 0 Å². The maximum atomic E-state index is 13.3. The molecule has 2 nitrogen and oxygen atoms in total. The van der Waals surface area contributed by atoms with E-state index in [0.717, 1.165) is 37.5 Å². The van der Waals surface area contributed by atoms with Gasteiger partial charge in [-0.15, -0.1) is 0 Å². The summed E-state index contributed by atoms with van der Waals surface area (Å²) in [6.07, 6.45) is 3.55. The monoisotopic (exact) mass is 232 g/mol. The predicted octanol–water partition coefficient (Wildman–Crippen LogP) is 3.32. The van der Waals surface area contributed by atoms with Crippen molar-refractivity contribution in [3.63, 3.8) is 0 Å². The Hall–Kier alpha value is -1.56. The highest BCUT2D eigenvalue weighted by Gasteiger charge is 2.18. The lowest BCUT2D eigenvalue weighted by atomic mass is 9.94. The number of benzene rings is 1. The number of hydrogen-bond acceptors (Lipinski definition) is 2. The average Bonchev–Trinajstić information content (AvgIpc) is 2.38. The number of hydrogen-bond donors (Lipinski definition) is 0. The first kappa shape index (κ1) is 11.9. The topological polar surface area (TPSA) is 27.0 Å². The maximum Gasteiger partial charge on any atom is 0.126 e. The van der Waals surface area contributed by atoms with Gasteiger partial charge >= 0.3 is 0 Å². The zero-order valence-electron chi connectivity index (χ0n) is 10.1. The summed E-state index contributed by atoms with van der Waals surface area (Å²) in [7, 11) is 0. The van der Waals surface area contributed by atoms with Crippen molar-refractivity contribution in [3.8, 4) is 6.07 Å². The number of nitriles is 1. The molecule has 1 aromatic rings. The van der Waals surface area contributed by atoms with Gasteiger partial charge in [0, 0.05) is 18.8 Å². The number of nitrogens with zero attached hydrogens (tertiary/aromatic N) is 2. The molecule has 1 saturated heterocycles. The van der Waals surface area contributed by atoms with Gasteiger partial charge in [-0.25, -0.2) is 4.39 Å². The summed E-state index contributed by atoms with van der Waals surface area (Å²) in [5.41, 5.74) is 1.24. The van der Waals surface area contributed by atoms with Gasteiger partial charge in [-0.3, -0.25) is 0 Å². The minimum Gasteiger partial charge on any atom is -0.371 e. The standard InChI is InChI=1S/C14H17FN2/c1-2-11-3-5-17(6-4-11)14-8-12(10-16)7-13(15)9-14/h7-9,11H,2-6H2,1H3. The lowest BCUT2D eigenvalue weighted by molar-refractivity contribution is 0.395. The fourth-order valence-corrected chi connectivity index (χ4v) is 2.42. The molecular weight excluding hydrogens is 215 g/mol. The van der Waals surface area contributed by atoms with Crippen molar-refractivity contribution in [3.05, 3.63) is 29.6 Å². The first-order valence-electron chi connectivity index (χ1n) is 6.18. The summed E-state index contributed by atoms with van der Waals surface area (Å²) in [4.78, 5) is 2.18. The van der Waals surface area contributed by atoms with E-state index in [1.165, 1.54) is 18.6 Å². The van der Waals surface area contributed by atoms with Crippen LogP contribution < -0.4 is 4.90 Å². The Bertz CT molecular complexity index is 428. The summed E-state index contributed by atoms with van der Waals surface area (Å²) in [6, 6.07) is 6.57. The van der Waals surface area contributed by atoms with Gasteiger partial charge in [0.2, 0.25) is 0 Å². The first-order valence-corrected chi connectivity index (χ1v) is 6.18. The molecule has 1 aliphatic heterocycles. The Balaban J connectivity index is 2.13. The largest absolute Gasteiger partial charge is 0.371 e. The Morgan fingerprint density at radius 1 is 1.35 bits per heavy atom. The van der Waals surface area contributed by atoms with Crippen molar-refractivity contribution in [2.45, 2.75) is 26.2 Å². The van der Waals surface area contributed by atoms with Crippen LogP contribution >= 0.6 is 0 Å². The predicted molar refractivity (Wildman–Crippen MR) is 66.3 cm³/mol. The van der Waals surface area contributed by atoms with Crippen LogP contribution in [0.4, 0.5) is 10.1 Å². The second-order valence-electron chi connectivity index (χ2n) is 4.65. The molecule has 0 atom stereocenters. The fourth-order valence-electron chi connectivity index (χ4n) is 2.42. The van der Waals surface area contributed by atoms with E-state index in [4.69, 9.17) is 5.26 Å². The molecule has 90 valence electrons. The lowest BCUT2D eigenvalue weighted by Crippen LogP contribution is -2.33. The van der Waals surface area contributed by atoms with E-state index >= 15 is 0 Å². The van der Waals surface area contributed by atoms with Crippen molar-refractivity contribution in [1.29, 1.82) is 5.26 Å². The normalized spacial score (nSPS) is 16.9. The van der Waals surface area contributed by atoms with E-state index < -0.39 is 0 Å². The second-order valence-corrected chi connectivity index (χ2v) is 4.65. The van der Waals surface area contributed by atoms with Gasteiger partial charge in [0.05, 0.1) is 11.6 Å². The molecule has 0 bridgehead atoms. The van der Waals surface area contributed by atoms with Crippen molar-refractivity contribution in [2.75, 3.05) is 18.0 Å². The summed E-state index contributed by atoms with van der Waals surface area (Å²) in [6.45, 7) is 4.15. The third kappa shape index (κ3) is 2.76. The molecule has 0 spiro atoms. The van der Waals surface area contributed by atoms with E-state index in [0.29, 0.717) is 5.56 Å². The molecule has 0 aromatic heterocycles. The Morgan fingerprint density at radius 2 is 2.06 bits per heavy atom. The molecular formula is C14H17FN2. The van der Waals surface area contributed by atoms with Gasteiger partial charge in [-0.1, -0.05) is 13.3 Å². The minimum absolute atomic E-state index is 0.323. The van der Waals surface area contributed by atoms with Gasteiger partial charge in [-0.2, -0.15) is 5.26 Å². The van der Waals surface area contributed by atoms with E-state index in [-0.39, 0.29) is 5.82 Å². The molecule has 0 aliphatic carbocycles. The second kappa shape index (κ2) is 5.18. The van der Waals surface area contributed by atoms with E-state index in [1.807, 2.05) is 6.07 Å². The molecule has 2 rings (SSSR count). The Morgan fingerprint density at radius 3 is 2.65 bits per heavy atom. The summed E-state index contributed by atoms with van der Waals surface area (Å²) in [5, 5.41) is 8.83. The zero-order chi connectivity index (χ0) is 12.3. The van der Waals surface area contributed by atoms with Gasteiger partial charge < -0.3 is 4.90 Å². The highest BCUT2D eigenvalue weighted by molar-refractivity contribution is 5.52. The third-order valence-corrected chi connectivity index (χ3v) is 3.57. The Kier molecular flexibility index (Phi) is 3.63. The number of rotatable bonds is 2. The fraction of sp³-hybridized carbons (Fsp3) is 0.500. The number of halogens is 1. The third-order valence-electron chi connectivity index (χ3n) is 3.57. The summed E-state index contributed by atoms with van der Waals surface area (Å²) in [5.74, 6) is 0.479. The molecule has 3 heteroatoms. The van der Waals surface area contributed by atoms with Crippen LogP contribution in [-0.4, -0.2) is 13.1 Å². The van der Waals surface area contributed by atoms with Gasteiger partial charge in [0.1, 0.15) is 5.82 Å². The summed E-state index contributed by atoms with van der Waals surface area (Å²) >= 11 is 0. The van der Waals surface area contributed by atoms with Crippen LogP contribution in [0.1, 0.15) is 31.7 Å². The van der Waals surface area contributed by atoms with E-state index in [9.17, 15) is 4.39 Å². The minimum atomic E-state index is -0.323. The van der Waals surface area contributed by atoms with Crippen LogP contribution in [0.2, 0.25) is 0 Å². The molecule has 1 heterocycles. The molecule has 0 N–H and O–H groups in total. The van der Waals surface area contributed by atoms with Crippen LogP contribution in [0.25, 0.3) is 0 Å². The van der Waals surface area contributed by atoms with Gasteiger partial charge in [-0.05, 0) is 37.0 Å².